The van der Waals surface area contributed by atoms with E-state index in [1.807, 2.05) is 0 Å². The molecule has 1 aromatic heterocycles. The van der Waals surface area contributed by atoms with Crippen LogP contribution in [-0.2, 0) is 6.61 Å². The number of halogens is 1. The van der Waals surface area contributed by atoms with Gasteiger partial charge in [0.1, 0.15) is 12.4 Å². The maximum absolute atomic E-state index is 10.8. The van der Waals surface area contributed by atoms with Crippen molar-refractivity contribution >= 4 is 17.9 Å². The minimum atomic E-state index is 0.172. The average molecular weight is 249 g/mol. The van der Waals surface area contributed by atoms with Crippen molar-refractivity contribution in [3.63, 3.8) is 0 Å². The second-order valence-electron chi connectivity index (χ2n) is 3.23. The number of hydrogen-bond donors (Lipinski definition) is 0. The molecule has 0 aliphatic rings. The summed E-state index contributed by atoms with van der Waals surface area (Å²) in [7, 11) is 0. The number of carbonyl (C=O) groups excluding carboxylic acids is 1. The maximum Gasteiger partial charge on any atom is 0.166 e. The van der Waals surface area contributed by atoms with E-state index in [2.05, 4.69) is 9.97 Å². The van der Waals surface area contributed by atoms with Gasteiger partial charge < -0.3 is 4.74 Å². The fourth-order valence-electron chi connectivity index (χ4n) is 1.31. The molecule has 0 N–H and O–H groups in total. The van der Waals surface area contributed by atoms with Gasteiger partial charge in [0.05, 0.1) is 10.6 Å². The van der Waals surface area contributed by atoms with Crippen molar-refractivity contribution < 1.29 is 9.53 Å². The van der Waals surface area contributed by atoms with Crippen LogP contribution in [0.2, 0.25) is 5.02 Å². The number of para-hydroxylation sites is 1. The van der Waals surface area contributed by atoms with Crippen LogP contribution in [0.1, 0.15) is 16.2 Å². The monoisotopic (exact) mass is 248 g/mol. The SMILES string of the molecule is O=Cc1cccc(Cl)c1OCc1ncccn1. The second kappa shape index (κ2) is 5.41. The molecule has 0 saturated heterocycles. The zero-order valence-corrected chi connectivity index (χ0v) is 9.59. The van der Waals surface area contributed by atoms with Gasteiger partial charge in [0, 0.05) is 12.4 Å². The molecule has 0 spiro atoms. The smallest absolute Gasteiger partial charge is 0.166 e. The first-order valence-electron chi connectivity index (χ1n) is 4.93. The van der Waals surface area contributed by atoms with Crippen molar-refractivity contribution in [3.8, 4) is 5.75 Å². The van der Waals surface area contributed by atoms with Gasteiger partial charge in [0.2, 0.25) is 0 Å². The van der Waals surface area contributed by atoms with Gasteiger partial charge in [-0.2, -0.15) is 0 Å². The molecule has 5 heteroatoms. The Kier molecular flexibility index (Phi) is 3.67. The molecule has 86 valence electrons. The number of rotatable bonds is 4. The lowest BCUT2D eigenvalue weighted by molar-refractivity contribution is 0.111. The summed E-state index contributed by atoms with van der Waals surface area (Å²) in [6.07, 6.45) is 3.95. The van der Waals surface area contributed by atoms with E-state index in [0.29, 0.717) is 28.4 Å². The summed E-state index contributed by atoms with van der Waals surface area (Å²) in [6.45, 7) is 0.172. The molecule has 0 atom stereocenters. The van der Waals surface area contributed by atoms with Crippen LogP contribution < -0.4 is 4.74 Å². The molecule has 1 aromatic carbocycles. The first kappa shape index (κ1) is 11.5. The van der Waals surface area contributed by atoms with Crippen LogP contribution in [0.25, 0.3) is 0 Å². The quantitative estimate of drug-likeness (QED) is 0.780. The van der Waals surface area contributed by atoms with Crippen molar-refractivity contribution in [1.29, 1.82) is 0 Å². The molecule has 0 unspecified atom stereocenters. The summed E-state index contributed by atoms with van der Waals surface area (Å²) in [5, 5.41) is 0.394. The molecular weight excluding hydrogens is 240 g/mol. The van der Waals surface area contributed by atoms with Crippen LogP contribution >= 0.6 is 11.6 Å². The van der Waals surface area contributed by atoms with Crippen LogP contribution in [0.5, 0.6) is 5.75 Å². The number of ether oxygens (including phenoxy) is 1. The average Bonchev–Trinajstić information content (AvgIpc) is 2.38. The predicted octanol–water partition coefficient (Wildman–Crippen LogP) is 2.52. The summed E-state index contributed by atoms with van der Waals surface area (Å²) in [6, 6.07) is 6.71. The van der Waals surface area contributed by atoms with Crippen molar-refractivity contribution in [2.75, 3.05) is 0 Å². The van der Waals surface area contributed by atoms with E-state index in [-0.39, 0.29) is 6.61 Å². The zero-order chi connectivity index (χ0) is 12.1. The van der Waals surface area contributed by atoms with Crippen molar-refractivity contribution in [2.24, 2.45) is 0 Å². The number of nitrogens with zero attached hydrogens (tertiary/aromatic N) is 2. The van der Waals surface area contributed by atoms with Crippen LogP contribution in [0, 0.1) is 0 Å². The molecule has 0 aliphatic carbocycles. The normalized spacial score (nSPS) is 9.94. The van der Waals surface area contributed by atoms with Crippen LogP contribution in [-0.4, -0.2) is 16.3 Å². The first-order valence-corrected chi connectivity index (χ1v) is 5.31. The molecule has 2 rings (SSSR count). The van der Waals surface area contributed by atoms with E-state index in [1.54, 1.807) is 36.7 Å². The van der Waals surface area contributed by atoms with E-state index >= 15 is 0 Å². The van der Waals surface area contributed by atoms with Crippen LogP contribution in [0.15, 0.2) is 36.7 Å². The number of carbonyl (C=O) groups is 1. The molecule has 1 heterocycles. The van der Waals surface area contributed by atoms with Gasteiger partial charge in [-0.15, -0.1) is 0 Å². The lowest BCUT2D eigenvalue weighted by Crippen LogP contribution is -2.02. The predicted molar refractivity (Wildman–Crippen MR) is 63.2 cm³/mol. The highest BCUT2D eigenvalue weighted by Gasteiger charge is 2.08. The Balaban J connectivity index is 2.16. The minimum Gasteiger partial charge on any atom is -0.483 e. The van der Waals surface area contributed by atoms with E-state index in [4.69, 9.17) is 16.3 Å². The third kappa shape index (κ3) is 2.79. The Morgan fingerprint density at radius 1 is 1.24 bits per heavy atom. The zero-order valence-electron chi connectivity index (χ0n) is 8.84. The maximum atomic E-state index is 10.8. The molecule has 0 bridgehead atoms. The summed E-state index contributed by atoms with van der Waals surface area (Å²) in [5.74, 6) is 0.890. The molecule has 0 aliphatic heterocycles. The molecular formula is C12H9ClN2O2. The van der Waals surface area contributed by atoms with Gasteiger partial charge in [0.15, 0.2) is 12.1 Å². The van der Waals surface area contributed by atoms with E-state index in [1.165, 1.54) is 0 Å². The molecule has 17 heavy (non-hydrogen) atoms. The number of aldehydes is 1. The standard InChI is InChI=1S/C12H9ClN2O2/c13-10-4-1-3-9(7-16)12(10)17-8-11-14-5-2-6-15-11/h1-7H,8H2. The second-order valence-corrected chi connectivity index (χ2v) is 3.64. The number of hydrogen-bond acceptors (Lipinski definition) is 4. The molecule has 2 aromatic rings. The summed E-state index contributed by atoms with van der Waals surface area (Å²) < 4.78 is 5.46. The third-order valence-electron chi connectivity index (χ3n) is 2.09. The Morgan fingerprint density at radius 3 is 2.71 bits per heavy atom. The Hall–Kier alpha value is -1.94. The summed E-state index contributed by atoms with van der Waals surface area (Å²) >= 11 is 5.95. The summed E-state index contributed by atoms with van der Waals surface area (Å²) in [5.41, 5.74) is 0.411. The molecule has 0 amide bonds. The van der Waals surface area contributed by atoms with Gasteiger partial charge >= 0.3 is 0 Å². The van der Waals surface area contributed by atoms with Gasteiger partial charge in [-0.3, -0.25) is 4.79 Å². The van der Waals surface area contributed by atoms with Gasteiger partial charge in [-0.1, -0.05) is 17.7 Å². The van der Waals surface area contributed by atoms with Crippen molar-refractivity contribution in [1.82, 2.24) is 9.97 Å². The van der Waals surface area contributed by atoms with Crippen molar-refractivity contribution in [3.05, 3.63) is 53.1 Å². The molecule has 0 saturated carbocycles. The van der Waals surface area contributed by atoms with Crippen LogP contribution in [0.3, 0.4) is 0 Å². The summed E-state index contributed by atoms with van der Waals surface area (Å²) in [4.78, 5) is 18.8. The number of benzene rings is 1. The molecule has 0 fully saturated rings. The minimum absolute atomic E-state index is 0.172. The number of aromatic nitrogens is 2. The van der Waals surface area contributed by atoms with Gasteiger partial charge in [-0.05, 0) is 18.2 Å². The fraction of sp³-hybridized carbons (Fsp3) is 0.0833. The van der Waals surface area contributed by atoms with E-state index in [0.717, 1.165) is 0 Å². The Morgan fingerprint density at radius 2 is 2.00 bits per heavy atom. The topological polar surface area (TPSA) is 52.1 Å². The highest BCUT2D eigenvalue weighted by Crippen LogP contribution is 2.27. The van der Waals surface area contributed by atoms with Gasteiger partial charge in [0.25, 0.3) is 0 Å². The van der Waals surface area contributed by atoms with E-state index < -0.39 is 0 Å². The molecule has 0 radical (unpaired) electrons. The van der Waals surface area contributed by atoms with Crippen LogP contribution in [0.4, 0.5) is 0 Å². The van der Waals surface area contributed by atoms with E-state index in [9.17, 15) is 4.79 Å². The van der Waals surface area contributed by atoms with Crippen molar-refractivity contribution in [2.45, 2.75) is 6.61 Å². The Labute approximate surface area is 103 Å². The fourth-order valence-corrected chi connectivity index (χ4v) is 1.55. The highest BCUT2D eigenvalue weighted by molar-refractivity contribution is 6.32. The molecule has 4 nitrogen and oxygen atoms in total. The first-order chi connectivity index (χ1) is 8.31. The lowest BCUT2D eigenvalue weighted by Gasteiger charge is -2.08. The largest absolute Gasteiger partial charge is 0.483 e. The Bertz CT molecular complexity index is 517. The lowest BCUT2D eigenvalue weighted by atomic mass is 10.2. The third-order valence-corrected chi connectivity index (χ3v) is 2.39. The highest BCUT2D eigenvalue weighted by atomic mass is 35.5. The van der Waals surface area contributed by atoms with Gasteiger partial charge in [-0.25, -0.2) is 9.97 Å².